The number of rotatable bonds is 6. The summed E-state index contributed by atoms with van der Waals surface area (Å²) in [6.45, 7) is 10.7. The van der Waals surface area contributed by atoms with Gasteiger partial charge >= 0.3 is 5.97 Å². The SMILES string of the molecule is C=C/C=C(/CC(=O)O)C(C=C)C=C. The summed E-state index contributed by atoms with van der Waals surface area (Å²) < 4.78 is 0. The summed E-state index contributed by atoms with van der Waals surface area (Å²) in [6.07, 6.45) is 6.56. The van der Waals surface area contributed by atoms with E-state index in [0.717, 1.165) is 5.57 Å². The average molecular weight is 178 g/mol. The van der Waals surface area contributed by atoms with Crippen LogP contribution in [0.2, 0.25) is 0 Å². The van der Waals surface area contributed by atoms with Crippen molar-refractivity contribution in [3.05, 3.63) is 49.6 Å². The Kier molecular flexibility index (Phi) is 5.28. The van der Waals surface area contributed by atoms with Gasteiger partial charge in [-0.05, 0) is 5.57 Å². The standard InChI is InChI=1S/C11H14O2/c1-4-7-10(8-11(12)13)9(5-2)6-3/h4-7,9H,1-3,8H2,(H,12,13)/b10-7-. The molecule has 0 unspecified atom stereocenters. The Hall–Kier alpha value is -1.57. The number of hydrogen-bond donors (Lipinski definition) is 1. The smallest absolute Gasteiger partial charge is 0.307 e. The Morgan fingerprint density at radius 1 is 1.31 bits per heavy atom. The molecule has 0 aliphatic heterocycles. The van der Waals surface area contributed by atoms with Gasteiger partial charge in [0.15, 0.2) is 0 Å². The van der Waals surface area contributed by atoms with Gasteiger partial charge in [-0.15, -0.1) is 13.2 Å². The Morgan fingerprint density at radius 2 is 1.85 bits per heavy atom. The summed E-state index contributed by atoms with van der Waals surface area (Å²) in [5.74, 6) is -0.948. The molecule has 0 spiro atoms. The van der Waals surface area contributed by atoms with Crippen molar-refractivity contribution >= 4 is 5.97 Å². The summed E-state index contributed by atoms with van der Waals surface area (Å²) in [4.78, 5) is 10.5. The van der Waals surface area contributed by atoms with E-state index in [1.165, 1.54) is 0 Å². The molecule has 0 amide bonds. The van der Waals surface area contributed by atoms with E-state index in [1.807, 2.05) is 0 Å². The van der Waals surface area contributed by atoms with E-state index in [4.69, 9.17) is 5.11 Å². The molecule has 0 radical (unpaired) electrons. The van der Waals surface area contributed by atoms with Crippen molar-refractivity contribution in [1.29, 1.82) is 0 Å². The fourth-order valence-corrected chi connectivity index (χ4v) is 1.01. The zero-order valence-electron chi connectivity index (χ0n) is 7.57. The molecule has 2 nitrogen and oxygen atoms in total. The molecule has 1 N–H and O–H groups in total. The third-order valence-corrected chi connectivity index (χ3v) is 1.62. The lowest BCUT2D eigenvalue weighted by molar-refractivity contribution is -0.136. The molecule has 0 aromatic carbocycles. The van der Waals surface area contributed by atoms with E-state index in [0.29, 0.717) is 0 Å². The summed E-state index contributed by atoms with van der Waals surface area (Å²) in [5.41, 5.74) is 0.743. The van der Waals surface area contributed by atoms with E-state index in [1.54, 1.807) is 24.3 Å². The van der Waals surface area contributed by atoms with Crippen LogP contribution < -0.4 is 0 Å². The monoisotopic (exact) mass is 178 g/mol. The minimum atomic E-state index is -0.859. The van der Waals surface area contributed by atoms with Crippen molar-refractivity contribution in [2.75, 3.05) is 0 Å². The summed E-state index contributed by atoms with van der Waals surface area (Å²) in [7, 11) is 0. The van der Waals surface area contributed by atoms with Crippen molar-refractivity contribution in [3.63, 3.8) is 0 Å². The molecule has 0 bridgehead atoms. The zero-order chi connectivity index (χ0) is 10.3. The molecule has 13 heavy (non-hydrogen) atoms. The van der Waals surface area contributed by atoms with Crippen LogP contribution in [0.5, 0.6) is 0 Å². The lowest BCUT2D eigenvalue weighted by Gasteiger charge is -2.09. The molecule has 70 valence electrons. The van der Waals surface area contributed by atoms with E-state index in [9.17, 15) is 4.79 Å². The van der Waals surface area contributed by atoms with Crippen LogP contribution in [0.3, 0.4) is 0 Å². The van der Waals surface area contributed by atoms with E-state index in [2.05, 4.69) is 19.7 Å². The first-order valence-electron chi connectivity index (χ1n) is 3.94. The lowest BCUT2D eigenvalue weighted by atomic mass is 9.96. The molecule has 0 aromatic heterocycles. The predicted molar refractivity (Wildman–Crippen MR) is 54.4 cm³/mol. The second kappa shape index (κ2) is 6.00. The van der Waals surface area contributed by atoms with E-state index in [-0.39, 0.29) is 12.3 Å². The third kappa shape index (κ3) is 4.11. The number of carboxylic acids is 1. The molecule has 0 aliphatic rings. The Morgan fingerprint density at radius 3 is 2.15 bits per heavy atom. The van der Waals surface area contributed by atoms with Gasteiger partial charge in [-0.25, -0.2) is 0 Å². The maximum Gasteiger partial charge on any atom is 0.307 e. The molecule has 0 rings (SSSR count). The molecule has 0 aromatic rings. The number of aliphatic carboxylic acids is 1. The van der Waals surface area contributed by atoms with Gasteiger partial charge in [0.1, 0.15) is 0 Å². The van der Waals surface area contributed by atoms with E-state index < -0.39 is 5.97 Å². The molecule has 0 saturated carbocycles. The fraction of sp³-hybridized carbons (Fsp3) is 0.182. The number of allylic oxidation sites excluding steroid dienone is 4. The number of hydrogen-bond acceptors (Lipinski definition) is 1. The quantitative estimate of drug-likeness (QED) is 0.501. The van der Waals surface area contributed by atoms with Gasteiger partial charge in [-0.3, -0.25) is 4.79 Å². The minimum Gasteiger partial charge on any atom is -0.481 e. The molecule has 2 heteroatoms. The molecule has 0 fully saturated rings. The highest BCUT2D eigenvalue weighted by Crippen LogP contribution is 2.17. The Bertz CT molecular complexity index is 241. The summed E-state index contributed by atoms with van der Waals surface area (Å²) >= 11 is 0. The fourth-order valence-electron chi connectivity index (χ4n) is 1.01. The topological polar surface area (TPSA) is 37.3 Å². The van der Waals surface area contributed by atoms with Crippen molar-refractivity contribution < 1.29 is 9.90 Å². The van der Waals surface area contributed by atoms with Crippen LogP contribution in [-0.4, -0.2) is 11.1 Å². The molecule has 0 aliphatic carbocycles. The van der Waals surface area contributed by atoms with E-state index >= 15 is 0 Å². The summed E-state index contributed by atoms with van der Waals surface area (Å²) in [6, 6.07) is 0. The van der Waals surface area contributed by atoms with Crippen molar-refractivity contribution in [1.82, 2.24) is 0 Å². The normalized spacial score (nSPS) is 11.0. The van der Waals surface area contributed by atoms with Crippen LogP contribution in [0.15, 0.2) is 49.6 Å². The number of carbonyl (C=O) groups is 1. The maximum atomic E-state index is 10.5. The van der Waals surface area contributed by atoms with Crippen LogP contribution in [0.4, 0.5) is 0 Å². The number of carboxylic acid groups (broad SMARTS) is 1. The van der Waals surface area contributed by atoms with Crippen LogP contribution in [0, 0.1) is 5.92 Å². The Labute approximate surface area is 78.6 Å². The zero-order valence-corrected chi connectivity index (χ0v) is 7.57. The van der Waals surface area contributed by atoms with Gasteiger partial charge in [0.05, 0.1) is 6.42 Å². The first-order valence-corrected chi connectivity index (χ1v) is 3.94. The first kappa shape index (κ1) is 11.4. The van der Waals surface area contributed by atoms with Crippen LogP contribution in [0.1, 0.15) is 6.42 Å². The molecule has 0 saturated heterocycles. The minimum absolute atomic E-state index is 0.00523. The highest BCUT2D eigenvalue weighted by Gasteiger charge is 2.09. The van der Waals surface area contributed by atoms with Crippen LogP contribution in [-0.2, 0) is 4.79 Å². The highest BCUT2D eigenvalue weighted by atomic mass is 16.4. The molecule has 0 heterocycles. The first-order chi connectivity index (χ1) is 6.15. The van der Waals surface area contributed by atoms with Gasteiger partial charge in [-0.2, -0.15) is 0 Å². The predicted octanol–water partition coefficient (Wildman–Crippen LogP) is 2.56. The molecular weight excluding hydrogens is 164 g/mol. The van der Waals surface area contributed by atoms with Gasteiger partial charge in [0.2, 0.25) is 0 Å². The van der Waals surface area contributed by atoms with Crippen LogP contribution in [0.25, 0.3) is 0 Å². The second-order valence-corrected chi connectivity index (χ2v) is 2.54. The third-order valence-electron chi connectivity index (χ3n) is 1.62. The van der Waals surface area contributed by atoms with Crippen molar-refractivity contribution in [2.24, 2.45) is 5.92 Å². The Balaban J connectivity index is 4.67. The lowest BCUT2D eigenvalue weighted by Crippen LogP contribution is -2.04. The van der Waals surface area contributed by atoms with Crippen LogP contribution >= 0.6 is 0 Å². The maximum absolute atomic E-state index is 10.5. The van der Waals surface area contributed by atoms with Crippen molar-refractivity contribution in [2.45, 2.75) is 6.42 Å². The largest absolute Gasteiger partial charge is 0.481 e. The molecule has 0 atom stereocenters. The highest BCUT2D eigenvalue weighted by molar-refractivity contribution is 5.70. The van der Waals surface area contributed by atoms with Gasteiger partial charge < -0.3 is 5.11 Å². The van der Waals surface area contributed by atoms with Gasteiger partial charge in [0, 0.05) is 5.92 Å². The van der Waals surface area contributed by atoms with Gasteiger partial charge in [-0.1, -0.05) is 30.9 Å². The molecular formula is C11H14O2. The van der Waals surface area contributed by atoms with Crippen molar-refractivity contribution in [3.8, 4) is 0 Å². The second-order valence-electron chi connectivity index (χ2n) is 2.54. The average Bonchev–Trinajstić information content (AvgIpc) is 2.05. The van der Waals surface area contributed by atoms with Gasteiger partial charge in [0.25, 0.3) is 0 Å². The summed E-state index contributed by atoms with van der Waals surface area (Å²) in [5, 5.41) is 8.61.